The zero-order valence-electron chi connectivity index (χ0n) is 17.0. The Hall–Kier alpha value is -3.60. The van der Waals surface area contributed by atoms with E-state index in [1.807, 2.05) is 36.1 Å². The second-order valence-corrected chi connectivity index (χ2v) is 7.54. The Morgan fingerprint density at radius 3 is 2.25 bits per heavy atom. The first-order valence-electron chi connectivity index (χ1n) is 9.82. The van der Waals surface area contributed by atoms with E-state index in [-0.39, 0.29) is 5.69 Å². The number of anilines is 2. The average Bonchev–Trinajstić information content (AvgIpc) is 3.16. The standard InChI is InChI=1S/C21H20F3N5O3/c1-13-2-8-16(9-3-13)27-10-11-28-18(31)19(32)29(26-20(27)28)12-17(30)25-15-6-4-14(5-7-15)21(22,23)24/h2-9,20,26H,10-12H2,1H3,(H,25,30). The lowest BCUT2D eigenvalue weighted by molar-refractivity contribution is -0.163. The molecule has 2 aromatic carbocycles. The van der Waals surface area contributed by atoms with Crippen molar-refractivity contribution in [2.45, 2.75) is 19.4 Å². The minimum atomic E-state index is -4.48. The zero-order chi connectivity index (χ0) is 23.0. The highest BCUT2D eigenvalue weighted by Crippen LogP contribution is 2.30. The Balaban J connectivity index is 1.44. The molecule has 2 saturated heterocycles. The Bertz CT molecular complexity index is 1040. The van der Waals surface area contributed by atoms with E-state index in [1.165, 1.54) is 4.90 Å². The predicted octanol–water partition coefficient (Wildman–Crippen LogP) is 1.93. The molecular weight excluding hydrogens is 427 g/mol. The van der Waals surface area contributed by atoms with Gasteiger partial charge in [-0.2, -0.15) is 18.6 Å². The molecule has 11 heteroatoms. The van der Waals surface area contributed by atoms with Crippen LogP contribution in [0.25, 0.3) is 0 Å². The van der Waals surface area contributed by atoms with Gasteiger partial charge >= 0.3 is 18.0 Å². The molecule has 1 unspecified atom stereocenters. The molecule has 2 aliphatic rings. The number of nitrogens with zero attached hydrogens (tertiary/aromatic N) is 3. The maximum absolute atomic E-state index is 12.7. The molecule has 0 aromatic heterocycles. The second kappa shape index (κ2) is 8.15. The number of aryl methyl sites for hydroxylation is 1. The van der Waals surface area contributed by atoms with Crippen LogP contribution in [0, 0.1) is 6.92 Å². The number of benzene rings is 2. The fourth-order valence-corrected chi connectivity index (χ4v) is 3.63. The maximum Gasteiger partial charge on any atom is 0.416 e. The molecule has 0 aliphatic carbocycles. The minimum absolute atomic E-state index is 0.141. The van der Waals surface area contributed by atoms with Crippen LogP contribution in [0.3, 0.4) is 0 Å². The van der Waals surface area contributed by atoms with Gasteiger partial charge in [-0.3, -0.25) is 24.3 Å². The van der Waals surface area contributed by atoms with Crippen molar-refractivity contribution in [2.24, 2.45) is 0 Å². The summed E-state index contributed by atoms with van der Waals surface area (Å²) < 4.78 is 38.0. The van der Waals surface area contributed by atoms with Gasteiger partial charge in [-0.15, -0.1) is 0 Å². The topological polar surface area (TPSA) is 85.0 Å². The molecule has 4 rings (SSSR count). The second-order valence-electron chi connectivity index (χ2n) is 7.54. The fraction of sp³-hybridized carbons (Fsp3) is 0.286. The molecular formula is C21H20F3N5O3. The molecule has 0 spiro atoms. The summed E-state index contributed by atoms with van der Waals surface area (Å²) in [5.74, 6) is -2.27. The van der Waals surface area contributed by atoms with Gasteiger partial charge in [0.15, 0.2) is 6.29 Å². The molecule has 2 N–H and O–H groups in total. The molecule has 0 saturated carbocycles. The van der Waals surface area contributed by atoms with Gasteiger partial charge in [-0.1, -0.05) is 17.7 Å². The number of rotatable bonds is 4. The first-order valence-corrected chi connectivity index (χ1v) is 9.82. The monoisotopic (exact) mass is 447 g/mol. The van der Waals surface area contributed by atoms with Gasteiger partial charge in [0.05, 0.1) is 5.56 Å². The van der Waals surface area contributed by atoms with E-state index in [0.29, 0.717) is 13.1 Å². The van der Waals surface area contributed by atoms with E-state index in [0.717, 1.165) is 40.5 Å². The highest BCUT2D eigenvalue weighted by molar-refractivity contribution is 6.35. The number of fused-ring (bicyclic) bond motifs is 1. The smallest absolute Gasteiger partial charge is 0.336 e. The van der Waals surface area contributed by atoms with Crippen molar-refractivity contribution in [3.05, 3.63) is 59.7 Å². The van der Waals surface area contributed by atoms with Crippen LogP contribution >= 0.6 is 0 Å². The highest BCUT2D eigenvalue weighted by Gasteiger charge is 2.45. The van der Waals surface area contributed by atoms with Crippen LogP contribution in [0.2, 0.25) is 0 Å². The summed E-state index contributed by atoms with van der Waals surface area (Å²) in [4.78, 5) is 40.7. The number of hydrogen-bond acceptors (Lipinski definition) is 5. The lowest BCUT2D eigenvalue weighted by Gasteiger charge is -2.40. The van der Waals surface area contributed by atoms with Crippen LogP contribution in [-0.4, -0.2) is 53.6 Å². The highest BCUT2D eigenvalue weighted by atomic mass is 19.4. The van der Waals surface area contributed by atoms with Crippen LogP contribution < -0.4 is 15.6 Å². The van der Waals surface area contributed by atoms with Crippen molar-refractivity contribution in [3.63, 3.8) is 0 Å². The SMILES string of the molecule is Cc1ccc(N2CCN3C(=O)C(=O)N(CC(=O)Nc4ccc(C(F)(F)F)cc4)NC32)cc1. The number of nitrogens with one attached hydrogen (secondary N) is 2. The summed E-state index contributed by atoms with van der Waals surface area (Å²) in [6, 6.07) is 11.6. The first kappa shape index (κ1) is 21.6. The lowest BCUT2D eigenvalue weighted by atomic mass is 10.2. The van der Waals surface area contributed by atoms with E-state index < -0.39 is 42.3 Å². The molecule has 2 fully saturated rings. The third-order valence-corrected chi connectivity index (χ3v) is 5.30. The van der Waals surface area contributed by atoms with E-state index >= 15 is 0 Å². The van der Waals surface area contributed by atoms with Gasteiger partial charge in [0.2, 0.25) is 5.91 Å². The van der Waals surface area contributed by atoms with Crippen LogP contribution in [-0.2, 0) is 20.6 Å². The number of hydrazine groups is 1. The molecule has 0 radical (unpaired) electrons. The number of halogens is 3. The largest absolute Gasteiger partial charge is 0.416 e. The molecule has 8 nitrogen and oxygen atoms in total. The fourth-order valence-electron chi connectivity index (χ4n) is 3.63. The zero-order valence-corrected chi connectivity index (χ0v) is 17.0. The van der Waals surface area contributed by atoms with Crippen molar-refractivity contribution in [1.29, 1.82) is 0 Å². The van der Waals surface area contributed by atoms with E-state index in [4.69, 9.17) is 0 Å². The number of amides is 3. The van der Waals surface area contributed by atoms with Gasteiger partial charge in [-0.05, 0) is 43.3 Å². The third-order valence-electron chi connectivity index (χ3n) is 5.30. The summed E-state index contributed by atoms with van der Waals surface area (Å²) in [5.41, 5.74) is 4.14. The summed E-state index contributed by atoms with van der Waals surface area (Å²) >= 11 is 0. The lowest BCUT2D eigenvalue weighted by Crippen LogP contribution is -2.68. The number of carbonyl (C=O) groups excluding carboxylic acids is 3. The molecule has 32 heavy (non-hydrogen) atoms. The van der Waals surface area contributed by atoms with Crippen molar-refractivity contribution >= 4 is 29.1 Å². The van der Waals surface area contributed by atoms with Gasteiger partial charge in [0.1, 0.15) is 6.54 Å². The molecule has 1 atom stereocenters. The number of hydrogen-bond donors (Lipinski definition) is 2. The van der Waals surface area contributed by atoms with Crippen LogP contribution in [0.15, 0.2) is 48.5 Å². The van der Waals surface area contributed by atoms with Gasteiger partial charge < -0.3 is 10.2 Å². The van der Waals surface area contributed by atoms with Crippen LogP contribution in [0.5, 0.6) is 0 Å². The number of alkyl halides is 3. The van der Waals surface area contributed by atoms with Crippen molar-refractivity contribution in [1.82, 2.24) is 15.3 Å². The minimum Gasteiger partial charge on any atom is -0.336 e. The van der Waals surface area contributed by atoms with Gasteiger partial charge in [0.25, 0.3) is 0 Å². The third kappa shape index (κ3) is 4.24. The van der Waals surface area contributed by atoms with E-state index in [2.05, 4.69) is 10.7 Å². The summed E-state index contributed by atoms with van der Waals surface area (Å²) in [6.07, 6.45) is -5.12. The van der Waals surface area contributed by atoms with E-state index in [1.54, 1.807) is 0 Å². The Morgan fingerprint density at radius 1 is 1.00 bits per heavy atom. The molecule has 2 aliphatic heterocycles. The molecule has 3 amide bonds. The maximum atomic E-state index is 12.7. The number of carbonyl (C=O) groups is 3. The Kier molecular flexibility index (Phi) is 5.51. The first-order chi connectivity index (χ1) is 15.1. The molecule has 2 aromatic rings. The Morgan fingerprint density at radius 2 is 1.62 bits per heavy atom. The van der Waals surface area contributed by atoms with Crippen molar-refractivity contribution in [2.75, 3.05) is 29.9 Å². The molecule has 2 heterocycles. The normalized spacial score (nSPS) is 18.8. The summed E-state index contributed by atoms with van der Waals surface area (Å²) in [5, 5.41) is 3.36. The average molecular weight is 447 g/mol. The molecule has 0 bridgehead atoms. The van der Waals surface area contributed by atoms with Gasteiger partial charge in [-0.25, -0.2) is 0 Å². The van der Waals surface area contributed by atoms with Crippen molar-refractivity contribution in [3.8, 4) is 0 Å². The van der Waals surface area contributed by atoms with Crippen LogP contribution in [0.1, 0.15) is 11.1 Å². The van der Waals surface area contributed by atoms with Crippen molar-refractivity contribution < 1.29 is 27.6 Å². The Labute approximate surface area is 181 Å². The molecule has 168 valence electrons. The quantitative estimate of drug-likeness (QED) is 0.700. The summed E-state index contributed by atoms with van der Waals surface area (Å²) in [6.45, 7) is 2.32. The van der Waals surface area contributed by atoms with Crippen LogP contribution in [0.4, 0.5) is 24.5 Å². The van der Waals surface area contributed by atoms with Gasteiger partial charge in [0, 0.05) is 24.5 Å². The predicted molar refractivity (Wildman–Crippen MR) is 109 cm³/mol. The van der Waals surface area contributed by atoms with E-state index in [9.17, 15) is 27.6 Å². The summed E-state index contributed by atoms with van der Waals surface area (Å²) in [7, 11) is 0.